The molecule has 0 aliphatic rings. The van der Waals surface area contributed by atoms with E-state index < -0.39 is 11.4 Å². The van der Waals surface area contributed by atoms with E-state index in [1.54, 1.807) is 0 Å². The number of hydrogen-bond acceptors (Lipinski definition) is 3. The number of rotatable bonds is 5. The SMILES string of the molecule is Cc1cc(C(C)(C)C)cc(C)c1CCNC(=O)Cn1cnc2ccc(F)cc2c1=O. The summed E-state index contributed by atoms with van der Waals surface area (Å²) >= 11 is 0. The first-order valence-electron chi connectivity index (χ1n) is 10.1. The van der Waals surface area contributed by atoms with E-state index in [0.717, 1.165) is 6.07 Å². The Balaban J connectivity index is 1.65. The minimum atomic E-state index is -0.508. The number of hydrogen-bond donors (Lipinski definition) is 1. The fourth-order valence-corrected chi connectivity index (χ4v) is 3.60. The van der Waals surface area contributed by atoms with Crippen LogP contribution in [0.4, 0.5) is 4.39 Å². The summed E-state index contributed by atoms with van der Waals surface area (Å²) in [5.74, 6) is -0.789. The fraction of sp³-hybridized carbons (Fsp3) is 0.375. The molecule has 0 saturated carbocycles. The van der Waals surface area contributed by atoms with Crippen LogP contribution in [0.1, 0.15) is 43.0 Å². The number of carbonyl (C=O) groups is 1. The highest BCUT2D eigenvalue weighted by molar-refractivity contribution is 5.79. The molecule has 1 heterocycles. The standard InChI is InChI=1S/C24H28FN3O2/c1-15-10-17(24(3,4)5)11-16(2)19(15)8-9-26-22(29)13-28-14-27-21-7-6-18(25)12-20(21)23(28)30/h6-7,10-12,14H,8-9,13H2,1-5H3,(H,26,29). The highest BCUT2D eigenvalue weighted by Gasteiger charge is 2.16. The molecule has 0 unspecified atom stereocenters. The van der Waals surface area contributed by atoms with Gasteiger partial charge in [0.05, 0.1) is 17.2 Å². The van der Waals surface area contributed by atoms with Gasteiger partial charge in [-0.15, -0.1) is 0 Å². The number of benzene rings is 2. The molecule has 1 N–H and O–H groups in total. The molecule has 1 aromatic heterocycles. The van der Waals surface area contributed by atoms with E-state index in [0.29, 0.717) is 18.5 Å². The first kappa shape index (κ1) is 21.7. The molecule has 0 radical (unpaired) electrons. The number of aryl methyl sites for hydroxylation is 2. The zero-order valence-electron chi connectivity index (χ0n) is 18.2. The largest absolute Gasteiger partial charge is 0.354 e. The van der Waals surface area contributed by atoms with E-state index >= 15 is 0 Å². The van der Waals surface area contributed by atoms with Crippen molar-refractivity contribution in [2.24, 2.45) is 0 Å². The summed E-state index contributed by atoms with van der Waals surface area (Å²) in [7, 11) is 0. The van der Waals surface area contributed by atoms with Crippen LogP contribution in [0.2, 0.25) is 0 Å². The van der Waals surface area contributed by atoms with Crippen LogP contribution in [0.15, 0.2) is 41.5 Å². The van der Waals surface area contributed by atoms with Crippen molar-refractivity contribution in [1.29, 1.82) is 0 Å². The molecule has 0 atom stereocenters. The van der Waals surface area contributed by atoms with E-state index in [1.807, 2.05) is 0 Å². The number of amides is 1. The van der Waals surface area contributed by atoms with E-state index in [4.69, 9.17) is 0 Å². The Morgan fingerprint density at radius 2 is 1.80 bits per heavy atom. The second-order valence-electron chi connectivity index (χ2n) is 8.78. The monoisotopic (exact) mass is 409 g/mol. The number of halogens is 1. The highest BCUT2D eigenvalue weighted by Crippen LogP contribution is 2.27. The number of aromatic nitrogens is 2. The van der Waals surface area contributed by atoms with Gasteiger partial charge in [0.2, 0.25) is 5.91 Å². The maximum atomic E-state index is 13.4. The summed E-state index contributed by atoms with van der Waals surface area (Å²) < 4.78 is 14.6. The van der Waals surface area contributed by atoms with Crippen LogP contribution in [-0.2, 0) is 23.2 Å². The molecule has 158 valence electrons. The molecular formula is C24H28FN3O2. The Morgan fingerprint density at radius 3 is 2.43 bits per heavy atom. The second kappa shape index (κ2) is 8.38. The molecule has 2 aromatic carbocycles. The van der Waals surface area contributed by atoms with Crippen molar-refractivity contribution in [3.63, 3.8) is 0 Å². The van der Waals surface area contributed by atoms with Gasteiger partial charge in [0.1, 0.15) is 12.4 Å². The van der Waals surface area contributed by atoms with Gasteiger partial charge in [0.25, 0.3) is 5.56 Å². The van der Waals surface area contributed by atoms with Crippen molar-refractivity contribution in [2.75, 3.05) is 6.54 Å². The zero-order chi connectivity index (χ0) is 22.1. The third-order valence-corrected chi connectivity index (χ3v) is 5.36. The molecule has 30 heavy (non-hydrogen) atoms. The highest BCUT2D eigenvalue weighted by atomic mass is 19.1. The van der Waals surface area contributed by atoms with Crippen LogP contribution in [0.25, 0.3) is 10.9 Å². The normalized spacial score (nSPS) is 11.7. The van der Waals surface area contributed by atoms with Gasteiger partial charge in [0, 0.05) is 6.54 Å². The van der Waals surface area contributed by atoms with Crippen molar-refractivity contribution in [3.8, 4) is 0 Å². The lowest BCUT2D eigenvalue weighted by atomic mass is 9.83. The Bertz CT molecular complexity index is 1140. The number of carbonyl (C=O) groups excluding carboxylic acids is 1. The molecule has 0 fully saturated rings. The molecule has 0 aliphatic heterocycles. The van der Waals surface area contributed by atoms with Crippen molar-refractivity contribution in [1.82, 2.24) is 14.9 Å². The van der Waals surface area contributed by atoms with Gasteiger partial charge < -0.3 is 5.32 Å². The van der Waals surface area contributed by atoms with Crippen LogP contribution < -0.4 is 10.9 Å². The van der Waals surface area contributed by atoms with Gasteiger partial charge in [0.15, 0.2) is 0 Å². The first-order chi connectivity index (χ1) is 14.1. The van der Waals surface area contributed by atoms with Gasteiger partial charge in [-0.25, -0.2) is 9.37 Å². The van der Waals surface area contributed by atoms with Gasteiger partial charge >= 0.3 is 0 Å². The van der Waals surface area contributed by atoms with Gasteiger partial charge in [-0.1, -0.05) is 32.9 Å². The molecule has 1 amide bonds. The molecule has 0 bridgehead atoms. The molecule has 6 heteroatoms. The Morgan fingerprint density at radius 1 is 1.13 bits per heavy atom. The van der Waals surface area contributed by atoms with E-state index in [1.165, 1.54) is 45.3 Å². The molecular weight excluding hydrogens is 381 g/mol. The third kappa shape index (κ3) is 4.75. The average molecular weight is 410 g/mol. The van der Waals surface area contributed by atoms with Crippen molar-refractivity contribution < 1.29 is 9.18 Å². The summed E-state index contributed by atoms with van der Waals surface area (Å²) in [5.41, 5.74) is 5.01. The second-order valence-corrected chi connectivity index (χ2v) is 8.78. The summed E-state index contributed by atoms with van der Waals surface area (Å²) in [6, 6.07) is 8.27. The fourth-order valence-electron chi connectivity index (χ4n) is 3.60. The predicted octanol–water partition coefficient (Wildman–Crippen LogP) is 3.81. The minimum Gasteiger partial charge on any atom is -0.354 e. The third-order valence-electron chi connectivity index (χ3n) is 5.36. The summed E-state index contributed by atoms with van der Waals surface area (Å²) in [4.78, 5) is 29.0. The predicted molar refractivity (Wildman–Crippen MR) is 117 cm³/mol. The summed E-state index contributed by atoms with van der Waals surface area (Å²) in [6.07, 6.45) is 2.03. The van der Waals surface area contributed by atoms with Crippen LogP contribution >= 0.6 is 0 Å². The maximum Gasteiger partial charge on any atom is 0.261 e. The quantitative estimate of drug-likeness (QED) is 0.697. The van der Waals surface area contributed by atoms with E-state index in [-0.39, 0.29) is 23.3 Å². The number of nitrogens with zero attached hydrogens (tertiary/aromatic N) is 2. The maximum absolute atomic E-state index is 13.4. The van der Waals surface area contributed by atoms with Gasteiger partial charge in [-0.05, 0) is 66.1 Å². The first-order valence-corrected chi connectivity index (χ1v) is 10.1. The van der Waals surface area contributed by atoms with Gasteiger partial charge in [-0.2, -0.15) is 0 Å². The van der Waals surface area contributed by atoms with Crippen LogP contribution in [0, 0.1) is 19.7 Å². The lowest BCUT2D eigenvalue weighted by molar-refractivity contribution is -0.121. The lowest BCUT2D eigenvalue weighted by Crippen LogP contribution is -2.33. The Hall–Kier alpha value is -3.02. The van der Waals surface area contributed by atoms with Crippen molar-refractivity contribution >= 4 is 16.8 Å². The molecule has 5 nitrogen and oxygen atoms in total. The van der Waals surface area contributed by atoms with Crippen LogP contribution in [0.5, 0.6) is 0 Å². The topological polar surface area (TPSA) is 64.0 Å². The Kier molecular flexibility index (Phi) is 6.06. The van der Waals surface area contributed by atoms with Gasteiger partial charge in [-0.3, -0.25) is 14.2 Å². The van der Waals surface area contributed by atoms with Crippen molar-refractivity contribution in [2.45, 2.75) is 53.0 Å². The summed E-state index contributed by atoms with van der Waals surface area (Å²) in [5, 5.41) is 3.03. The Labute approximate surface area is 176 Å². The average Bonchev–Trinajstić information content (AvgIpc) is 2.65. The molecule has 3 rings (SSSR count). The van der Waals surface area contributed by atoms with Crippen LogP contribution in [-0.4, -0.2) is 22.0 Å². The van der Waals surface area contributed by atoms with Crippen LogP contribution in [0.3, 0.4) is 0 Å². The molecule has 0 spiro atoms. The molecule has 0 saturated heterocycles. The van der Waals surface area contributed by atoms with Crippen molar-refractivity contribution in [3.05, 3.63) is 75.1 Å². The van der Waals surface area contributed by atoms with E-state index in [2.05, 4.69) is 57.1 Å². The van der Waals surface area contributed by atoms with E-state index in [9.17, 15) is 14.0 Å². The number of fused-ring (bicyclic) bond motifs is 1. The smallest absolute Gasteiger partial charge is 0.261 e. The number of nitrogens with one attached hydrogen (secondary N) is 1. The zero-order valence-corrected chi connectivity index (χ0v) is 18.2. The summed E-state index contributed by atoms with van der Waals surface area (Å²) in [6.45, 7) is 11.1. The lowest BCUT2D eigenvalue weighted by Gasteiger charge is -2.22. The molecule has 0 aliphatic carbocycles. The molecule has 3 aromatic rings. The minimum absolute atomic E-state index is 0.0896.